The van der Waals surface area contributed by atoms with E-state index in [1.165, 1.54) is 99.4 Å². The molecule has 0 saturated carbocycles. The second-order valence-corrected chi connectivity index (χ2v) is 15.8. The van der Waals surface area contributed by atoms with Crippen LogP contribution in [0.5, 0.6) is 0 Å². The van der Waals surface area contributed by atoms with Crippen LogP contribution in [0.15, 0.2) is 231 Å². The van der Waals surface area contributed by atoms with Gasteiger partial charge in [0.1, 0.15) is 0 Å². The minimum absolute atomic E-state index is 0.476. The lowest BCUT2D eigenvalue weighted by molar-refractivity contribution is 0.627. The highest BCUT2D eigenvalue weighted by Gasteiger charge is 2.57. The SMILES string of the molecule is c1ccc(-c2c3ccccc3c(-c3cccc(C4(c5ccccc5)c5ccccc5C5(c6ccccc6)c6ccccc6-c6cccc4c65)c3)c3ccccc23)cc1. The summed E-state index contributed by atoms with van der Waals surface area (Å²) in [4.78, 5) is 0. The van der Waals surface area contributed by atoms with Gasteiger partial charge in [0.25, 0.3) is 0 Å². The van der Waals surface area contributed by atoms with Gasteiger partial charge in [0, 0.05) is 0 Å². The van der Waals surface area contributed by atoms with E-state index >= 15 is 0 Å². The van der Waals surface area contributed by atoms with E-state index in [4.69, 9.17) is 0 Å². The zero-order valence-corrected chi connectivity index (χ0v) is 31.9. The van der Waals surface area contributed by atoms with Crippen LogP contribution in [0.3, 0.4) is 0 Å². The molecule has 0 fully saturated rings. The average molecular weight is 735 g/mol. The molecule has 12 rings (SSSR count). The fourth-order valence-corrected chi connectivity index (χ4v) is 11.1. The Morgan fingerprint density at radius 3 is 1.26 bits per heavy atom. The maximum atomic E-state index is 2.51. The van der Waals surface area contributed by atoms with Crippen LogP contribution >= 0.6 is 0 Å². The van der Waals surface area contributed by atoms with E-state index in [0.717, 1.165) is 0 Å². The number of benzene rings is 10. The first-order chi connectivity index (χ1) is 28.8. The third-order valence-corrected chi connectivity index (χ3v) is 13.2. The lowest BCUT2D eigenvalue weighted by atomic mass is 9.51. The molecule has 0 radical (unpaired) electrons. The Labute approximate surface area is 339 Å². The van der Waals surface area contributed by atoms with Gasteiger partial charge in [-0.05, 0) is 105 Å². The third-order valence-electron chi connectivity index (χ3n) is 13.2. The van der Waals surface area contributed by atoms with Gasteiger partial charge in [-0.15, -0.1) is 0 Å². The summed E-state index contributed by atoms with van der Waals surface area (Å²) in [5.74, 6) is 0. The Hall–Kier alpha value is -7.28. The molecule has 0 bridgehead atoms. The van der Waals surface area contributed by atoms with Crippen molar-refractivity contribution in [3.05, 3.63) is 275 Å². The maximum absolute atomic E-state index is 2.51. The van der Waals surface area contributed by atoms with E-state index in [2.05, 4.69) is 231 Å². The van der Waals surface area contributed by atoms with Crippen molar-refractivity contribution in [2.24, 2.45) is 0 Å². The third kappa shape index (κ3) is 4.30. The molecule has 0 nitrogen and oxygen atoms in total. The monoisotopic (exact) mass is 734 g/mol. The Kier molecular flexibility index (Phi) is 7.16. The molecule has 0 aliphatic heterocycles. The molecule has 0 amide bonds. The first-order valence-electron chi connectivity index (χ1n) is 20.4. The van der Waals surface area contributed by atoms with Crippen molar-refractivity contribution in [3.63, 3.8) is 0 Å². The molecule has 0 N–H and O–H groups in total. The van der Waals surface area contributed by atoms with Gasteiger partial charge in [-0.2, -0.15) is 0 Å². The Morgan fingerprint density at radius 1 is 0.241 bits per heavy atom. The Bertz CT molecular complexity index is 3160. The second-order valence-electron chi connectivity index (χ2n) is 15.8. The number of fused-ring (bicyclic) bond motifs is 7. The molecule has 10 aromatic carbocycles. The molecule has 0 heterocycles. The van der Waals surface area contributed by atoms with Gasteiger partial charge < -0.3 is 0 Å². The van der Waals surface area contributed by atoms with Crippen LogP contribution in [0, 0.1) is 0 Å². The van der Waals surface area contributed by atoms with Crippen LogP contribution in [0.25, 0.3) is 54.9 Å². The van der Waals surface area contributed by atoms with Crippen LogP contribution in [-0.4, -0.2) is 0 Å². The van der Waals surface area contributed by atoms with Crippen LogP contribution in [-0.2, 0) is 10.8 Å². The summed E-state index contributed by atoms with van der Waals surface area (Å²) in [7, 11) is 0. The molecule has 0 aromatic heterocycles. The molecule has 2 unspecified atom stereocenters. The van der Waals surface area contributed by atoms with E-state index in [-0.39, 0.29) is 0 Å². The van der Waals surface area contributed by atoms with Gasteiger partial charge in [0.05, 0.1) is 10.8 Å². The summed E-state index contributed by atoms with van der Waals surface area (Å²) >= 11 is 0. The summed E-state index contributed by atoms with van der Waals surface area (Å²) < 4.78 is 0. The highest BCUT2D eigenvalue weighted by molar-refractivity contribution is 6.21. The molecule has 0 spiro atoms. The van der Waals surface area contributed by atoms with Crippen molar-refractivity contribution in [1.29, 1.82) is 0 Å². The van der Waals surface area contributed by atoms with Gasteiger partial charge >= 0.3 is 0 Å². The summed E-state index contributed by atoms with van der Waals surface area (Å²) in [6.07, 6.45) is 0. The molecule has 2 aliphatic carbocycles. The van der Waals surface area contributed by atoms with E-state index in [0.29, 0.717) is 0 Å². The van der Waals surface area contributed by atoms with E-state index in [1.54, 1.807) is 0 Å². The molecule has 0 saturated heterocycles. The number of hydrogen-bond donors (Lipinski definition) is 0. The molecule has 270 valence electrons. The highest BCUT2D eigenvalue weighted by Crippen LogP contribution is 2.65. The predicted octanol–water partition coefficient (Wildman–Crippen LogP) is 14.4. The Morgan fingerprint density at radius 2 is 0.638 bits per heavy atom. The quantitative estimate of drug-likeness (QED) is 0.154. The largest absolute Gasteiger partial charge is 0.0720 e. The first-order valence-corrected chi connectivity index (χ1v) is 20.4. The summed E-state index contributed by atoms with van der Waals surface area (Å²) in [6, 6.07) is 86.4. The normalized spacial score (nSPS) is 17.4. The van der Waals surface area contributed by atoms with Gasteiger partial charge in [0.15, 0.2) is 0 Å². The van der Waals surface area contributed by atoms with Crippen LogP contribution < -0.4 is 0 Å². The first kappa shape index (κ1) is 32.9. The molecule has 2 aliphatic rings. The van der Waals surface area contributed by atoms with Crippen molar-refractivity contribution < 1.29 is 0 Å². The number of rotatable bonds is 5. The lowest BCUT2D eigenvalue weighted by Crippen LogP contribution is -2.44. The summed E-state index contributed by atoms with van der Waals surface area (Å²) in [5, 5.41) is 5.04. The van der Waals surface area contributed by atoms with E-state index in [9.17, 15) is 0 Å². The fourth-order valence-electron chi connectivity index (χ4n) is 11.1. The molecule has 2 atom stereocenters. The molecular weight excluding hydrogens is 697 g/mol. The van der Waals surface area contributed by atoms with Crippen LogP contribution in [0.2, 0.25) is 0 Å². The smallest absolute Gasteiger partial charge is 0.0622 e. The van der Waals surface area contributed by atoms with Crippen LogP contribution in [0.4, 0.5) is 0 Å². The number of hydrogen-bond acceptors (Lipinski definition) is 0. The summed E-state index contributed by atoms with van der Waals surface area (Å²) in [6.45, 7) is 0. The van der Waals surface area contributed by atoms with Crippen molar-refractivity contribution >= 4 is 21.5 Å². The zero-order valence-electron chi connectivity index (χ0n) is 31.9. The minimum Gasteiger partial charge on any atom is -0.0622 e. The van der Waals surface area contributed by atoms with Crippen molar-refractivity contribution in [2.75, 3.05) is 0 Å². The fraction of sp³-hybridized carbons (Fsp3) is 0.0345. The van der Waals surface area contributed by atoms with Crippen molar-refractivity contribution in [1.82, 2.24) is 0 Å². The standard InChI is InChI=1S/C58H38/c1-4-20-39(21-5-1)54-45-29-10-12-31-47(45)55(48-32-13-11-30-46(48)54)40-22-18-27-43(38-40)57(41-23-6-2-7-24-41)51-35-16-17-36-52(51)58(42-25-8-3-9-26-42)50-34-15-14-28-44(50)49-33-19-37-53(57)56(49)58/h1-38H. The predicted molar refractivity (Wildman–Crippen MR) is 241 cm³/mol. The van der Waals surface area contributed by atoms with Crippen LogP contribution in [0.1, 0.15) is 44.5 Å². The Balaban J connectivity index is 1.22. The van der Waals surface area contributed by atoms with Gasteiger partial charge in [0.2, 0.25) is 0 Å². The molecular formula is C58H38. The molecule has 58 heavy (non-hydrogen) atoms. The zero-order chi connectivity index (χ0) is 38.3. The van der Waals surface area contributed by atoms with Gasteiger partial charge in [-0.25, -0.2) is 0 Å². The van der Waals surface area contributed by atoms with E-state index in [1.807, 2.05) is 0 Å². The summed E-state index contributed by atoms with van der Waals surface area (Å²) in [5.41, 5.74) is 17.1. The minimum atomic E-state index is -0.616. The average Bonchev–Trinajstić information content (AvgIpc) is 3.61. The lowest BCUT2D eigenvalue weighted by Gasteiger charge is -2.49. The van der Waals surface area contributed by atoms with Gasteiger partial charge in [-0.3, -0.25) is 0 Å². The maximum Gasteiger partial charge on any atom is 0.0720 e. The molecule has 10 aromatic rings. The van der Waals surface area contributed by atoms with Gasteiger partial charge in [-0.1, -0.05) is 224 Å². The van der Waals surface area contributed by atoms with Crippen molar-refractivity contribution in [2.45, 2.75) is 10.8 Å². The second kappa shape index (κ2) is 12.6. The van der Waals surface area contributed by atoms with E-state index < -0.39 is 10.8 Å². The molecule has 0 heteroatoms. The van der Waals surface area contributed by atoms with Crippen molar-refractivity contribution in [3.8, 4) is 33.4 Å². The highest BCUT2D eigenvalue weighted by atomic mass is 14.6. The topological polar surface area (TPSA) is 0 Å².